The second-order valence-corrected chi connectivity index (χ2v) is 12.6. The topological polar surface area (TPSA) is 61.4 Å². The number of amides is 1. The number of carbonyl (C=O) groups excluding carboxylic acids is 1. The largest absolute Gasteiger partial charge is 0.371 e. The number of carbonyl (C=O) groups is 1. The number of unbranched alkanes of at least 4 members (excludes halogenated alkanes) is 27. The molecule has 0 rings (SSSR count). The van der Waals surface area contributed by atoms with Gasteiger partial charge in [0, 0.05) is 13.0 Å². The lowest BCUT2D eigenvalue weighted by Gasteiger charge is -2.05. The van der Waals surface area contributed by atoms with Crippen LogP contribution >= 0.6 is 24.8 Å². The van der Waals surface area contributed by atoms with Crippen molar-refractivity contribution in [3.8, 4) is 0 Å². The predicted molar refractivity (Wildman–Crippen MR) is 173 cm³/mol. The summed E-state index contributed by atoms with van der Waals surface area (Å²) in [5.74, 6) is -0.258. The van der Waals surface area contributed by atoms with Crippen molar-refractivity contribution in [1.29, 1.82) is 0 Å². The Balaban J connectivity index is 3.05. The number of thiocarbonyl (C=S) groups is 1. The summed E-state index contributed by atoms with van der Waals surface area (Å²) in [6.07, 6.45) is 38.7. The minimum Gasteiger partial charge on any atom is -0.371 e. The lowest BCUT2D eigenvalue weighted by molar-refractivity contribution is -0.129. The first-order valence-corrected chi connectivity index (χ1v) is 17.4. The van der Waals surface area contributed by atoms with E-state index in [1.165, 1.54) is 167 Å². The average molecular weight is 573 g/mol. The molecule has 0 saturated carbocycles. The van der Waals surface area contributed by atoms with E-state index in [9.17, 15) is 4.79 Å². The standard InChI is InChI=1S/C32H64N2O2S2/c35-31(34-36)29-27-25-23-21-19-17-15-13-11-9-7-5-3-1-2-4-6-8-10-12-14-16-18-20-22-24-26-28-30-33-32(37)38/h36H,1-30H2,(H,34,35)(H2,33,37,38). The Hall–Kier alpha value is -0.330. The molecule has 0 spiro atoms. The quantitative estimate of drug-likeness (QED) is 0.0219. The van der Waals surface area contributed by atoms with Crippen molar-refractivity contribution < 1.29 is 10.0 Å². The van der Waals surface area contributed by atoms with Crippen LogP contribution in [0.25, 0.3) is 0 Å². The maximum Gasteiger partial charge on any atom is 0.243 e. The highest BCUT2D eigenvalue weighted by Crippen LogP contribution is 2.16. The van der Waals surface area contributed by atoms with Gasteiger partial charge < -0.3 is 5.32 Å². The van der Waals surface area contributed by atoms with Gasteiger partial charge in [-0.25, -0.2) is 5.48 Å². The summed E-state index contributed by atoms with van der Waals surface area (Å²) >= 11 is 8.97. The molecule has 0 saturated heterocycles. The molecule has 0 heterocycles. The van der Waals surface area contributed by atoms with Gasteiger partial charge in [0.25, 0.3) is 0 Å². The maximum absolute atomic E-state index is 10.9. The van der Waals surface area contributed by atoms with Crippen LogP contribution in [-0.2, 0) is 4.79 Å². The third-order valence-corrected chi connectivity index (χ3v) is 8.03. The van der Waals surface area contributed by atoms with Crippen LogP contribution in [0.15, 0.2) is 0 Å². The van der Waals surface area contributed by atoms with E-state index in [2.05, 4.69) is 17.9 Å². The van der Waals surface area contributed by atoms with Crippen molar-refractivity contribution in [2.45, 2.75) is 186 Å². The highest BCUT2D eigenvalue weighted by Gasteiger charge is 1.99. The molecule has 0 atom stereocenters. The molecule has 0 aliphatic heterocycles. The van der Waals surface area contributed by atoms with E-state index in [1.54, 1.807) is 5.48 Å². The van der Waals surface area contributed by atoms with Gasteiger partial charge >= 0.3 is 0 Å². The van der Waals surface area contributed by atoms with Crippen LogP contribution in [0.2, 0.25) is 0 Å². The van der Waals surface area contributed by atoms with E-state index in [0.717, 1.165) is 19.4 Å². The normalized spacial score (nSPS) is 11.1. The number of hydrogen-bond acceptors (Lipinski definition) is 3. The summed E-state index contributed by atoms with van der Waals surface area (Å²) in [6.45, 7) is 0.978. The molecule has 3 N–H and O–H groups in total. The second kappa shape index (κ2) is 32.9. The second-order valence-electron chi connectivity index (χ2n) is 11.4. The van der Waals surface area contributed by atoms with Crippen molar-refractivity contribution in [1.82, 2.24) is 10.8 Å². The van der Waals surface area contributed by atoms with Gasteiger partial charge in [-0.1, -0.05) is 179 Å². The number of hydrogen-bond donors (Lipinski definition) is 4. The van der Waals surface area contributed by atoms with Crippen molar-refractivity contribution in [3.05, 3.63) is 0 Å². The third-order valence-electron chi connectivity index (χ3n) is 7.73. The molecule has 0 aliphatic rings. The summed E-state index contributed by atoms with van der Waals surface area (Å²) in [5, 5.41) is 11.6. The smallest absolute Gasteiger partial charge is 0.243 e. The Kier molecular flexibility index (Phi) is 32.6. The van der Waals surface area contributed by atoms with E-state index in [4.69, 9.17) is 17.4 Å². The first kappa shape index (κ1) is 37.7. The predicted octanol–water partition coefficient (Wildman–Crippen LogP) is 10.6. The van der Waals surface area contributed by atoms with Crippen LogP contribution < -0.4 is 10.8 Å². The molecule has 4 nitrogen and oxygen atoms in total. The lowest BCUT2D eigenvalue weighted by Crippen LogP contribution is -2.17. The Morgan fingerprint density at radius 1 is 0.474 bits per heavy atom. The lowest BCUT2D eigenvalue weighted by atomic mass is 10.0. The molecule has 0 aromatic carbocycles. The molecular formula is C32H64N2O2S2. The zero-order chi connectivity index (χ0) is 27.8. The fourth-order valence-electron chi connectivity index (χ4n) is 5.26. The van der Waals surface area contributed by atoms with Gasteiger partial charge in [-0.3, -0.25) is 10.0 Å². The summed E-state index contributed by atoms with van der Waals surface area (Å²) in [6, 6.07) is 0. The van der Waals surface area contributed by atoms with Gasteiger partial charge in [0.05, 0.1) is 0 Å². The molecule has 0 fully saturated rings. The van der Waals surface area contributed by atoms with Gasteiger partial charge in [0.15, 0.2) is 0 Å². The molecule has 1 amide bonds. The molecule has 6 heteroatoms. The van der Waals surface area contributed by atoms with E-state index in [1.807, 2.05) is 0 Å². The van der Waals surface area contributed by atoms with Crippen LogP contribution in [0, 0.1) is 0 Å². The number of thiol groups is 1. The van der Waals surface area contributed by atoms with E-state index in [0.29, 0.717) is 10.7 Å². The SMILES string of the molecule is O=C(CCCCCCCCCCCCCCCCCCCCCCCCCCCCCCNC(=S)S)NO. The van der Waals surface area contributed by atoms with Crippen molar-refractivity contribution in [3.63, 3.8) is 0 Å². The summed E-state index contributed by atoms with van der Waals surface area (Å²) < 4.78 is 0.621. The van der Waals surface area contributed by atoms with Crippen LogP contribution in [0.4, 0.5) is 0 Å². The number of rotatable bonds is 31. The first-order valence-electron chi connectivity index (χ1n) is 16.6. The van der Waals surface area contributed by atoms with Gasteiger partial charge in [-0.15, -0.1) is 12.6 Å². The molecule has 38 heavy (non-hydrogen) atoms. The minimum absolute atomic E-state index is 0.258. The summed E-state index contributed by atoms with van der Waals surface area (Å²) in [5.41, 5.74) is 1.70. The Bertz CT molecular complexity index is 506. The van der Waals surface area contributed by atoms with E-state index in [-0.39, 0.29) is 5.91 Å². The Morgan fingerprint density at radius 3 is 0.947 bits per heavy atom. The van der Waals surface area contributed by atoms with E-state index >= 15 is 0 Å². The molecule has 0 aromatic rings. The molecular weight excluding hydrogens is 508 g/mol. The first-order chi connectivity index (χ1) is 18.7. The molecule has 0 bridgehead atoms. The average Bonchev–Trinajstić information content (AvgIpc) is 2.91. The molecule has 0 unspecified atom stereocenters. The monoisotopic (exact) mass is 572 g/mol. The zero-order valence-corrected chi connectivity index (χ0v) is 26.6. The number of hydroxylamine groups is 1. The van der Waals surface area contributed by atoms with E-state index < -0.39 is 0 Å². The fourth-order valence-corrected chi connectivity index (χ4v) is 5.47. The van der Waals surface area contributed by atoms with Crippen molar-refractivity contribution >= 4 is 35.1 Å². The Morgan fingerprint density at radius 2 is 0.711 bits per heavy atom. The highest BCUT2D eigenvalue weighted by atomic mass is 32.1. The van der Waals surface area contributed by atoms with Crippen molar-refractivity contribution in [2.24, 2.45) is 0 Å². The number of nitrogens with one attached hydrogen (secondary N) is 2. The van der Waals surface area contributed by atoms with Crippen molar-refractivity contribution in [2.75, 3.05) is 6.54 Å². The molecule has 0 aromatic heterocycles. The highest BCUT2D eigenvalue weighted by molar-refractivity contribution is 8.11. The minimum atomic E-state index is -0.258. The van der Waals surface area contributed by atoms with Crippen LogP contribution in [0.1, 0.15) is 186 Å². The van der Waals surface area contributed by atoms with Gasteiger partial charge in [-0.05, 0) is 12.8 Å². The zero-order valence-electron chi connectivity index (χ0n) is 24.9. The summed E-state index contributed by atoms with van der Waals surface area (Å²) in [7, 11) is 0. The molecule has 226 valence electrons. The summed E-state index contributed by atoms with van der Waals surface area (Å²) in [4.78, 5) is 10.9. The van der Waals surface area contributed by atoms with Crippen LogP contribution in [0.5, 0.6) is 0 Å². The third kappa shape index (κ3) is 33.7. The van der Waals surface area contributed by atoms with Gasteiger partial charge in [0.2, 0.25) is 5.91 Å². The fraction of sp³-hybridized carbons (Fsp3) is 0.938. The van der Waals surface area contributed by atoms with Gasteiger partial charge in [-0.2, -0.15) is 0 Å². The van der Waals surface area contributed by atoms with Crippen LogP contribution in [-0.4, -0.2) is 22.0 Å². The van der Waals surface area contributed by atoms with Gasteiger partial charge in [0.1, 0.15) is 4.32 Å². The van der Waals surface area contributed by atoms with Crippen LogP contribution in [0.3, 0.4) is 0 Å². The maximum atomic E-state index is 10.9. The molecule has 0 aliphatic carbocycles. The molecule has 0 radical (unpaired) electrons. The Labute approximate surface area is 248 Å².